The molecule has 0 radical (unpaired) electrons. The molecule has 3 heterocycles. The van der Waals surface area contributed by atoms with E-state index in [0.29, 0.717) is 6.04 Å². The van der Waals surface area contributed by atoms with Crippen molar-refractivity contribution in [2.45, 2.75) is 33.2 Å². The Labute approximate surface area is 159 Å². The van der Waals surface area contributed by atoms with Gasteiger partial charge in [-0.3, -0.25) is 4.79 Å². The molecule has 0 aliphatic carbocycles. The first kappa shape index (κ1) is 16.3. The monoisotopic (exact) mass is 357 g/mol. The number of Topliss-reactive ketones (excluding diaryl/α,β-unsaturated/α-hetero) is 1. The quantitative estimate of drug-likeness (QED) is 0.784. The lowest BCUT2D eigenvalue weighted by Crippen LogP contribution is -2.40. The Hall–Kier alpha value is -2.88. The Morgan fingerprint density at radius 1 is 1.22 bits per heavy atom. The van der Waals surface area contributed by atoms with Crippen molar-refractivity contribution in [3.8, 4) is 0 Å². The number of hydrogen-bond donors (Lipinski definition) is 1. The van der Waals surface area contributed by atoms with Crippen LogP contribution in [0, 0.1) is 12.3 Å². The van der Waals surface area contributed by atoms with Crippen molar-refractivity contribution in [3.05, 3.63) is 59.2 Å². The molecule has 5 rings (SSSR count). The molecule has 1 fully saturated rings. The number of rotatable bonds is 1. The molecule has 3 aliphatic heterocycles. The maximum atomic E-state index is 13.3. The molecule has 136 valence electrons. The van der Waals surface area contributed by atoms with Crippen LogP contribution in [-0.2, 0) is 0 Å². The van der Waals surface area contributed by atoms with E-state index in [-0.39, 0.29) is 5.78 Å². The number of aryl methyl sites for hydroxylation is 1. The van der Waals surface area contributed by atoms with Crippen molar-refractivity contribution >= 4 is 34.8 Å². The molecule has 0 amide bonds. The standard InChI is InChI=1S/C23H23N3O/c1-14-4-8-20-18(12-14)21(27)23(3)10-11-26(22(23)25-20)17-7-9-19-16(13-17)6-5-15(2)24-19/h4-9,12-13,15,24H,10-11H2,1-3H3/t15?,23-/m0/s1. The third kappa shape index (κ3) is 2.36. The number of fused-ring (bicyclic) bond motifs is 3. The summed E-state index contributed by atoms with van der Waals surface area (Å²) in [4.78, 5) is 20.4. The zero-order valence-corrected chi connectivity index (χ0v) is 15.9. The number of amidine groups is 1. The topological polar surface area (TPSA) is 44.7 Å². The van der Waals surface area contributed by atoms with Crippen LogP contribution in [0.25, 0.3) is 6.08 Å². The Morgan fingerprint density at radius 2 is 2.07 bits per heavy atom. The van der Waals surface area contributed by atoms with Gasteiger partial charge in [0, 0.05) is 29.5 Å². The Bertz CT molecular complexity index is 1040. The largest absolute Gasteiger partial charge is 0.379 e. The molecule has 0 bridgehead atoms. The maximum absolute atomic E-state index is 13.3. The van der Waals surface area contributed by atoms with Crippen LogP contribution in [0.2, 0.25) is 0 Å². The summed E-state index contributed by atoms with van der Waals surface area (Å²) in [5.74, 6) is 1.08. The van der Waals surface area contributed by atoms with Crippen molar-refractivity contribution < 1.29 is 4.79 Å². The van der Waals surface area contributed by atoms with E-state index in [0.717, 1.165) is 47.0 Å². The average Bonchev–Trinajstić information content (AvgIpc) is 3.00. The number of nitrogens with zero attached hydrogens (tertiary/aromatic N) is 2. The van der Waals surface area contributed by atoms with Gasteiger partial charge in [-0.1, -0.05) is 23.8 Å². The minimum absolute atomic E-state index is 0.196. The second-order valence-corrected chi connectivity index (χ2v) is 8.08. The Kier molecular flexibility index (Phi) is 3.36. The molecule has 2 aromatic rings. The SMILES string of the molecule is Cc1ccc2c(c1)C(=O)[C@]1(C)CCN(c3ccc4c(c3)C=CC(C)N4)C1=N2. The van der Waals surface area contributed by atoms with Crippen LogP contribution in [0.4, 0.5) is 17.1 Å². The van der Waals surface area contributed by atoms with Crippen LogP contribution in [-0.4, -0.2) is 24.2 Å². The number of aliphatic imine (C=N–C) groups is 1. The Balaban J connectivity index is 1.60. The van der Waals surface area contributed by atoms with Crippen molar-refractivity contribution in [1.82, 2.24) is 0 Å². The van der Waals surface area contributed by atoms with Crippen LogP contribution in [0.1, 0.15) is 41.8 Å². The van der Waals surface area contributed by atoms with Crippen LogP contribution < -0.4 is 10.2 Å². The summed E-state index contributed by atoms with van der Waals surface area (Å²) >= 11 is 0. The zero-order valence-electron chi connectivity index (χ0n) is 15.9. The summed E-state index contributed by atoms with van der Waals surface area (Å²) in [5.41, 5.74) is 5.53. The van der Waals surface area contributed by atoms with E-state index in [2.05, 4.69) is 47.5 Å². The summed E-state index contributed by atoms with van der Waals surface area (Å²) in [6.07, 6.45) is 5.13. The molecule has 0 saturated carbocycles. The van der Waals surface area contributed by atoms with Crippen molar-refractivity contribution in [2.24, 2.45) is 10.4 Å². The molecule has 2 aromatic carbocycles. The van der Waals surface area contributed by atoms with Gasteiger partial charge < -0.3 is 10.2 Å². The minimum atomic E-state index is -0.542. The minimum Gasteiger partial charge on any atom is -0.379 e. The molecule has 1 N–H and O–H groups in total. The van der Waals surface area contributed by atoms with E-state index < -0.39 is 5.41 Å². The van der Waals surface area contributed by atoms with Gasteiger partial charge in [-0.25, -0.2) is 4.99 Å². The molecule has 1 saturated heterocycles. The maximum Gasteiger partial charge on any atom is 0.178 e. The number of carbonyl (C=O) groups excluding carboxylic acids is 1. The molecule has 0 aromatic heterocycles. The predicted molar refractivity (Wildman–Crippen MR) is 111 cm³/mol. The first-order valence-electron chi connectivity index (χ1n) is 9.57. The summed E-state index contributed by atoms with van der Waals surface area (Å²) < 4.78 is 0. The fraction of sp³-hybridized carbons (Fsp3) is 0.304. The van der Waals surface area contributed by atoms with Crippen LogP contribution in [0.15, 0.2) is 47.5 Å². The summed E-state index contributed by atoms with van der Waals surface area (Å²) in [5, 5.41) is 3.48. The number of carbonyl (C=O) groups is 1. The highest BCUT2D eigenvalue weighted by atomic mass is 16.1. The molecule has 0 spiro atoms. The lowest BCUT2D eigenvalue weighted by atomic mass is 9.78. The van der Waals surface area contributed by atoms with Gasteiger partial charge in [0.25, 0.3) is 0 Å². The van der Waals surface area contributed by atoms with E-state index in [9.17, 15) is 4.79 Å². The van der Waals surface area contributed by atoms with E-state index >= 15 is 0 Å². The predicted octanol–water partition coefficient (Wildman–Crippen LogP) is 4.97. The first-order chi connectivity index (χ1) is 13.0. The highest BCUT2D eigenvalue weighted by molar-refractivity contribution is 6.25. The molecular weight excluding hydrogens is 334 g/mol. The molecule has 27 heavy (non-hydrogen) atoms. The van der Waals surface area contributed by atoms with E-state index in [1.807, 2.05) is 32.0 Å². The van der Waals surface area contributed by atoms with E-state index in [1.54, 1.807) is 0 Å². The van der Waals surface area contributed by atoms with Crippen molar-refractivity contribution in [3.63, 3.8) is 0 Å². The normalized spacial score (nSPS) is 25.4. The molecule has 4 heteroatoms. The highest BCUT2D eigenvalue weighted by Gasteiger charge is 2.49. The van der Waals surface area contributed by atoms with Crippen LogP contribution in [0.5, 0.6) is 0 Å². The summed E-state index contributed by atoms with van der Waals surface area (Å²) in [6.45, 7) is 7.01. The van der Waals surface area contributed by atoms with Gasteiger partial charge in [0.05, 0.1) is 11.1 Å². The Morgan fingerprint density at radius 3 is 2.93 bits per heavy atom. The third-order valence-corrected chi connectivity index (χ3v) is 6.00. The number of ketones is 1. The lowest BCUT2D eigenvalue weighted by Gasteiger charge is -2.31. The van der Waals surface area contributed by atoms with E-state index in [4.69, 9.17) is 4.99 Å². The zero-order chi connectivity index (χ0) is 18.8. The molecule has 2 atom stereocenters. The third-order valence-electron chi connectivity index (χ3n) is 6.00. The molecular formula is C23H23N3O. The van der Waals surface area contributed by atoms with Crippen molar-refractivity contribution in [1.29, 1.82) is 0 Å². The first-order valence-corrected chi connectivity index (χ1v) is 9.57. The van der Waals surface area contributed by atoms with Gasteiger partial charge in [0.15, 0.2) is 5.78 Å². The molecule has 4 nitrogen and oxygen atoms in total. The van der Waals surface area contributed by atoms with Gasteiger partial charge in [-0.15, -0.1) is 0 Å². The molecule has 1 unspecified atom stereocenters. The van der Waals surface area contributed by atoms with Gasteiger partial charge in [0.2, 0.25) is 0 Å². The second-order valence-electron chi connectivity index (χ2n) is 8.08. The average molecular weight is 357 g/mol. The van der Waals surface area contributed by atoms with Gasteiger partial charge in [-0.2, -0.15) is 0 Å². The van der Waals surface area contributed by atoms with Crippen LogP contribution >= 0.6 is 0 Å². The smallest absolute Gasteiger partial charge is 0.178 e. The van der Waals surface area contributed by atoms with E-state index in [1.165, 1.54) is 5.56 Å². The van der Waals surface area contributed by atoms with Gasteiger partial charge in [0.1, 0.15) is 5.84 Å². The number of nitrogens with one attached hydrogen (secondary N) is 1. The van der Waals surface area contributed by atoms with Gasteiger partial charge in [-0.05, 0) is 63.1 Å². The highest BCUT2D eigenvalue weighted by Crippen LogP contribution is 2.45. The van der Waals surface area contributed by atoms with Gasteiger partial charge >= 0.3 is 0 Å². The fourth-order valence-corrected chi connectivity index (χ4v) is 4.37. The summed E-state index contributed by atoms with van der Waals surface area (Å²) in [7, 11) is 0. The number of anilines is 2. The summed E-state index contributed by atoms with van der Waals surface area (Å²) in [6, 6.07) is 12.8. The molecule has 3 aliphatic rings. The number of hydrogen-bond acceptors (Lipinski definition) is 4. The second kappa shape index (κ2) is 5.56. The lowest BCUT2D eigenvalue weighted by molar-refractivity contribution is 0.0887. The fourth-order valence-electron chi connectivity index (χ4n) is 4.37. The van der Waals surface area contributed by atoms with Crippen LogP contribution in [0.3, 0.4) is 0 Å². The van der Waals surface area contributed by atoms with Crippen molar-refractivity contribution in [2.75, 3.05) is 16.8 Å². The number of benzene rings is 2.